The summed E-state index contributed by atoms with van der Waals surface area (Å²) >= 11 is 7.41. The van der Waals surface area contributed by atoms with Gasteiger partial charge >= 0.3 is 0 Å². The number of thiazole rings is 1. The van der Waals surface area contributed by atoms with Crippen molar-refractivity contribution in [2.75, 3.05) is 5.32 Å². The molecule has 1 aliphatic carbocycles. The zero-order chi connectivity index (χ0) is 13.9. The van der Waals surface area contributed by atoms with Crippen LogP contribution in [0.1, 0.15) is 18.5 Å². The highest BCUT2D eigenvalue weighted by Gasteiger charge is 2.23. The van der Waals surface area contributed by atoms with Crippen molar-refractivity contribution < 1.29 is 4.79 Å². The zero-order valence-corrected chi connectivity index (χ0v) is 12.3. The molecule has 0 bridgehead atoms. The summed E-state index contributed by atoms with van der Waals surface area (Å²) in [4.78, 5) is 16.1. The van der Waals surface area contributed by atoms with Crippen molar-refractivity contribution in [3.63, 3.8) is 0 Å². The van der Waals surface area contributed by atoms with Crippen LogP contribution in [0.5, 0.6) is 0 Å². The Morgan fingerprint density at radius 1 is 1.45 bits per heavy atom. The van der Waals surface area contributed by atoms with Crippen molar-refractivity contribution in [3.05, 3.63) is 40.4 Å². The molecule has 2 aromatic rings. The predicted octanol–water partition coefficient (Wildman–Crippen LogP) is 3.36. The minimum atomic E-state index is 0.0482. The van der Waals surface area contributed by atoms with Gasteiger partial charge in [-0.25, -0.2) is 4.98 Å². The van der Waals surface area contributed by atoms with E-state index in [1.54, 1.807) is 0 Å². The lowest BCUT2D eigenvalue weighted by Crippen LogP contribution is -2.27. The van der Waals surface area contributed by atoms with Crippen LogP contribution in [-0.4, -0.2) is 16.9 Å². The minimum Gasteiger partial charge on any atom is -0.353 e. The second-order valence-electron chi connectivity index (χ2n) is 4.80. The number of amides is 1. The minimum absolute atomic E-state index is 0.0482. The first-order chi connectivity index (χ1) is 9.69. The van der Waals surface area contributed by atoms with Crippen LogP contribution < -0.4 is 10.6 Å². The van der Waals surface area contributed by atoms with E-state index >= 15 is 0 Å². The number of nitrogens with one attached hydrogen (secondary N) is 2. The number of nitrogens with zero attached hydrogens (tertiary/aromatic N) is 1. The molecule has 1 aliphatic rings. The number of hydrogen-bond donors (Lipinski definition) is 2. The number of anilines is 2. The standard InChI is InChI=1S/C14H14ClN3OS/c15-9-2-1-3-11(6-9)17-14-18-12(8-20-14)7-13(19)16-10-4-5-10/h1-3,6,8,10H,4-5,7H2,(H,16,19)(H,17,18). The molecule has 1 fully saturated rings. The molecule has 0 saturated heterocycles. The maximum absolute atomic E-state index is 11.7. The van der Waals surface area contributed by atoms with Crippen LogP contribution >= 0.6 is 22.9 Å². The predicted molar refractivity (Wildman–Crippen MR) is 81.7 cm³/mol. The number of carbonyl (C=O) groups is 1. The van der Waals surface area contributed by atoms with Gasteiger partial charge in [-0.1, -0.05) is 17.7 Å². The first kappa shape index (κ1) is 13.4. The second-order valence-corrected chi connectivity index (χ2v) is 6.09. The summed E-state index contributed by atoms with van der Waals surface area (Å²) in [6.07, 6.45) is 2.54. The van der Waals surface area contributed by atoms with E-state index in [1.807, 2.05) is 29.6 Å². The van der Waals surface area contributed by atoms with E-state index in [0.717, 1.165) is 29.4 Å². The Morgan fingerprint density at radius 3 is 3.05 bits per heavy atom. The largest absolute Gasteiger partial charge is 0.353 e. The number of rotatable bonds is 5. The smallest absolute Gasteiger partial charge is 0.226 e. The maximum atomic E-state index is 11.7. The highest BCUT2D eigenvalue weighted by atomic mass is 35.5. The first-order valence-corrected chi connectivity index (χ1v) is 7.71. The third kappa shape index (κ3) is 3.71. The Balaban J connectivity index is 1.59. The quantitative estimate of drug-likeness (QED) is 0.890. The molecular weight excluding hydrogens is 294 g/mol. The van der Waals surface area contributed by atoms with Crippen LogP contribution in [0.4, 0.5) is 10.8 Å². The van der Waals surface area contributed by atoms with Gasteiger partial charge in [0.25, 0.3) is 0 Å². The van der Waals surface area contributed by atoms with Gasteiger partial charge in [0, 0.05) is 22.1 Å². The highest BCUT2D eigenvalue weighted by molar-refractivity contribution is 7.13. The molecule has 20 heavy (non-hydrogen) atoms. The van der Waals surface area contributed by atoms with Gasteiger partial charge in [-0.3, -0.25) is 4.79 Å². The van der Waals surface area contributed by atoms with Crippen molar-refractivity contribution in [1.82, 2.24) is 10.3 Å². The number of benzene rings is 1. The van der Waals surface area contributed by atoms with Crippen molar-refractivity contribution in [3.8, 4) is 0 Å². The fraction of sp³-hybridized carbons (Fsp3) is 0.286. The summed E-state index contributed by atoms with van der Waals surface area (Å²) in [5, 5.41) is 9.48. The summed E-state index contributed by atoms with van der Waals surface area (Å²) in [6, 6.07) is 7.85. The molecule has 1 heterocycles. The second kappa shape index (κ2) is 5.81. The van der Waals surface area contributed by atoms with Crippen LogP contribution in [-0.2, 0) is 11.2 Å². The summed E-state index contributed by atoms with van der Waals surface area (Å²) in [5.74, 6) is 0.0482. The van der Waals surface area contributed by atoms with Crippen molar-refractivity contribution >= 4 is 39.7 Å². The third-order valence-electron chi connectivity index (χ3n) is 2.91. The SMILES string of the molecule is O=C(Cc1csc(Nc2cccc(Cl)c2)n1)NC1CC1. The monoisotopic (exact) mass is 307 g/mol. The van der Waals surface area contributed by atoms with Gasteiger partial charge in [0.2, 0.25) is 5.91 Å². The van der Waals surface area contributed by atoms with E-state index in [9.17, 15) is 4.79 Å². The Hall–Kier alpha value is -1.59. The highest BCUT2D eigenvalue weighted by Crippen LogP contribution is 2.23. The van der Waals surface area contributed by atoms with Crippen LogP contribution in [0, 0.1) is 0 Å². The Morgan fingerprint density at radius 2 is 2.30 bits per heavy atom. The first-order valence-electron chi connectivity index (χ1n) is 6.45. The summed E-state index contributed by atoms with van der Waals surface area (Å²) in [5.41, 5.74) is 1.68. The Labute approximate surface area is 126 Å². The van der Waals surface area contributed by atoms with E-state index in [4.69, 9.17) is 11.6 Å². The topological polar surface area (TPSA) is 54.0 Å². The van der Waals surface area contributed by atoms with Gasteiger partial charge in [0.05, 0.1) is 12.1 Å². The molecule has 0 unspecified atom stereocenters. The van der Waals surface area contributed by atoms with Crippen molar-refractivity contribution in [1.29, 1.82) is 0 Å². The van der Waals surface area contributed by atoms with Crippen LogP contribution in [0.25, 0.3) is 0 Å². The van der Waals surface area contributed by atoms with E-state index in [-0.39, 0.29) is 5.91 Å². The fourth-order valence-electron chi connectivity index (χ4n) is 1.81. The van der Waals surface area contributed by atoms with Crippen LogP contribution in [0.2, 0.25) is 5.02 Å². The summed E-state index contributed by atoms with van der Waals surface area (Å²) < 4.78 is 0. The van der Waals surface area contributed by atoms with Gasteiger partial charge in [-0.2, -0.15) is 0 Å². The van der Waals surface area contributed by atoms with Gasteiger partial charge in [0.1, 0.15) is 0 Å². The summed E-state index contributed by atoms with van der Waals surface area (Å²) in [6.45, 7) is 0. The molecule has 1 aromatic heterocycles. The molecule has 0 spiro atoms. The summed E-state index contributed by atoms with van der Waals surface area (Å²) in [7, 11) is 0. The molecule has 0 atom stereocenters. The van der Waals surface area contributed by atoms with E-state index in [0.29, 0.717) is 17.5 Å². The lowest BCUT2D eigenvalue weighted by molar-refractivity contribution is -0.120. The van der Waals surface area contributed by atoms with E-state index in [2.05, 4.69) is 15.6 Å². The molecule has 0 aliphatic heterocycles. The normalized spacial score (nSPS) is 14.1. The van der Waals surface area contributed by atoms with Crippen molar-refractivity contribution in [2.24, 2.45) is 0 Å². The molecule has 2 N–H and O–H groups in total. The average molecular weight is 308 g/mol. The van der Waals surface area contributed by atoms with Crippen LogP contribution in [0.15, 0.2) is 29.6 Å². The molecule has 3 rings (SSSR count). The molecule has 0 radical (unpaired) electrons. The molecule has 4 nitrogen and oxygen atoms in total. The maximum Gasteiger partial charge on any atom is 0.226 e. The molecule has 1 amide bonds. The number of carbonyl (C=O) groups excluding carboxylic acids is 1. The van der Waals surface area contributed by atoms with Gasteiger partial charge in [-0.05, 0) is 31.0 Å². The van der Waals surface area contributed by atoms with Gasteiger partial charge in [0.15, 0.2) is 5.13 Å². The van der Waals surface area contributed by atoms with Crippen LogP contribution in [0.3, 0.4) is 0 Å². The number of aromatic nitrogens is 1. The lowest BCUT2D eigenvalue weighted by atomic mass is 10.3. The van der Waals surface area contributed by atoms with E-state index < -0.39 is 0 Å². The van der Waals surface area contributed by atoms with Crippen molar-refractivity contribution in [2.45, 2.75) is 25.3 Å². The molecule has 1 saturated carbocycles. The lowest BCUT2D eigenvalue weighted by Gasteiger charge is -2.02. The molecule has 6 heteroatoms. The Bertz CT molecular complexity index is 624. The van der Waals surface area contributed by atoms with Gasteiger partial charge in [-0.15, -0.1) is 11.3 Å². The van der Waals surface area contributed by atoms with Gasteiger partial charge < -0.3 is 10.6 Å². The fourth-order valence-corrected chi connectivity index (χ4v) is 2.73. The number of hydrogen-bond acceptors (Lipinski definition) is 4. The molecular formula is C14H14ClN3OS. The molecule has 1 aromatic carbocycles. The van der Waals surface area contributed by atoms with E-state index in [1.165, 1.54) is 11.3 Å². The zero-order valence-electron chi connectivity index (χ0n) is 10.7. The number of halogens is 1. The third-order valence-corrected chi connectivity index (χ3v) is 3.95. The molecule has 104 valence electrons. The average Bonchev–Trinajstić information content (AvgIpc) is 3.09. The Kier molecular flexibility index (Phi) is 3.89.